The van der Waals surface area contributed by atoms with Crippen LogP contribution in [0.15, 0.2) is 0 Å². The van der Waals surface area contributed by atoms with Gasteiger partial charge in [-0.3, -0.25) is 0 Å². The van der Waals surface area contributed by atoms with E-state index in [1.54, 1.807) is 4.31 Å². The lowest BCUT2D eigenvalue weighted by Gasteiger charge is -2.39. The van der Waals surface area contributed by atoms with E-state index in [9.17, 15) is 13.5 Å². The standard InChI is InChI=1S/C12H24N2O3S/c1-11-5-8-13(9-6-11)18(16,17)14-7-3-2-4-12(14)10-15/h11-12,15H,2-10H2,1H3. The molecule has 2 aliphatic heterocycles. The lowest BCUT2D eigenvalue weighted by molar-refractivity contribution is 0.144. The zero-order valence-electron chi connectivity index (χ0n) is 11.1. The predicted octanol–water partition coefficient (Wildman–Crippen LogP) is 0.810. The number of aliphatic hydroxyl groups is 1. The minimum Gasteiger partial charge on any atom is -0.395 e. The molecule has 0 aromatic heterocycles. The molecule has 1 atom stereocenters. The summed E-state index contributed by atoms with van der Waals surface area (Å²) in [4.78, 5) is 0. The molecular weight excluding hydrogens is 252 g/mol. The van der Waals surface area contributed by atoms with Gasteiger partial charge in [-0.05, 0) is 31.6 Å². The van der Waals surface area contributed by atoms with E-state index >= 15 is 0 Å². The first-order valence-electron chi connectivity index (χ1n) is 6.93. The molecule has 2 rings (SSSR count). The Morgan fingerprint density at radius 3 is 2.39 bits per heavy atom. The summed E-state index contributed by atoms with van der Waals surface area (Å²) in [6, 6.07) is -0.219. The normalized spacial score (nSPS) is 29.6. The molecule has 2 aliphatic rings. The highest BCUT2D eigenvalue weighted by Crippen LogP contribution is 2.25. The van der Waals surface area contributed by atoms with Gasteiger partial charge in [-0.2, -0.15) is 17.0 Å². The van der Waals surface area contributed by atoms with E-state index in [1.807, 2.05) is 0 Å². The molecule has 0 amide bonds. The lowest BCUT2D eigenvalue weighted by atomic mass is 10.0. The van der Waals surface area contributed by atoms with Gasteiger partial charge in [0.2, 0.25) is 0 Å². The number of piperidine rings is 2. The van der Waals surface area contributed by atoms with Crippen molar-refractivity contribution in [2.45, 2.75) is 45.1 Å². The molecule has 5 nitrogen and oxygen atoms in total. The Kier molecular flexibility index (Phi) is 4.64. The van der Waals surface area contributed by atoms with Crippen LogP contribution in [0.1, 0.15) is 39.0 Å². The summed E-state index contributed by atoms with van der Waals surface area (Å²) < 4.78 is 28.2. The molecule has 18 heavy (non-hydrogen) atoms. The second-order valence-corrected chi connectivity index (χ2v) is 7.41. The summed E-state index contributed by atoms with van der Waals surface area (Å²) >= 11 is 0. The first kappa shape index (κ1) is 14.2. The van der Waals surface area contributed by atoms with E-state index in [1.165, 1.54) is 4.31 Å². The lowest BCUT2D eigenvalue weighted by Crippen LogP contribution is -2.53. The van der Waals surface area contributed by atoms with Gasteiger partial charge in [-0.1, -0.05) is 13.3 Å². The van der Waals surface area contributed by atoms with Gasteiger partial charge < -0.3 is 5.11 Å². The SMILES string of the molecule is CC1CCN(S(=O)(=O)N2CCCCC2CO)CC1. The van der Waals surface area contributed by atoms with Crippen molar-refractivity contribution in [3.63, 3.8) is 0 Å². The van der Waals surface area contributed by atoms with E-state index in [4.69, 9.17) is 0 Å². The van der Waals surface area contributed by atoms with Crippen LogP contribution in [0.5, 0.6) is 0 Å². The Labute approximate surface area is 110 Å². The Hall–Kier alpha value is -0.170. The highest BCUT2D eigenvalue weighted by Gasteiger charge is 2.37. The zero-order chi connectivity index (χ0) is 13.2. The summed E-state index contributed by atoms with van der Waals surface area (Å²) in [6.07, 6.45) is 4.57. The van der Waals surface area contributed by atoms with Crippen molar-refractivity contribution < 1.29 is 13.5 Å². The Morgan fingerprint density at radius 1 is 1.11 bits per heavy atom. The summed E-state index contributed by atoms with van der Waals surface area (Å²) in [5, 5.41) is 9.34. The molecular formula is C12H24N2O3S. The van der Waals surface area contributed by atoms with Gasteiger partial charge >= 0.3 is 0 Å². The summed E-state index contributed by atoms with van der Waals surface area (Å²) in [7, 11) is -3.36. The van der Waals surface area contributed by atoms with Crippen LogP contribution in [0.3, 0.4) is 0 Å². The first-order valence-corrected chi connectivity index (χ1v) is 8.33. The second kappa shape index (κ2) is 5.86. The Morgan fingerprint density at radius 2 is 1.78 bits per heavy atom. The Balaban J connectivity index is 2.09. The maximum absolute atomic E-state index is 12.6. The molecule has 0 spiro atoms. The van der Waals surface area contributed by atoms with E-state index in [0.717, 1.165) is 32.1 Å². The third-order valence-electron chi connectivity index (χ3n) is 4.15. The van der Waals surface area contributed by atoms with Crippen LogP contribution in [0.4, 0.5) is 0 Å². The van der Waals surface area contributed by atoms with Gasteiger partial charge in [0.15, 0.2) is 0 Å². The third kappa shape index (κ3) is 2.87. The van der Waals surface area contributed by atoms with Crippen LogP contribution in [0.2, 0.25) is 0 Å². The molecule has 1 unspecified atom stereocenters. The summed E-state index contributed by atoms with van der Waals surface area (Å²) in [5.74, 6) is 0.617. The second-order valence-electron chi connectivity index (χ2n) is 5.53. The molecule has 0 aliphatic carbocycles. The maximum atomic E-state index is 12.6. The van der Waals surface area contributed by atoms with Crippen molar-refractivity contribution in [1.82, 2.24) is 8.61 Å². The van der Waals surface area contributed by atoms with Crippen molar-refractivity contribution in [2.75, 3.05) is 26.2 Å². The largest absolute Gasteiger partial charge is 0.395 e. The van der Waals surface area contributed by atoms with Gasteiger partial charge in [0.1, 0.15) is 0 Å². The monoisotopic (exact) mass is 276 g/mol. The molecule has 6 heteroatoms. The Bertz CT molecular complexity index is 364. The average Bonchev–Trinajstić information content (AvgIpc) is 2.39. The zero-order valence-corrected chi connectivity index (χ0v) is 11.9. The number of hydrogen-bond acceptors (Lipinski definition) is 3. The van der Waals surface area contributed by atoms with E-state index in [-0.39, 0.29) is 12.6 Å². The summed E-state index contributed by atoms with van der Waals surface area (Å²) in [5.41, 5.74) is 0. The third-order valence-corrected chi connectivity index (χ3v) is 6.24. The van der Waals surface area contributed by atoms with Crippen LogP contribution in [-0.2, 0) is 10.2 Å². The van der Waals surface area contributed by atoms with Crippen molar-refractivity contribution in [1.29, 1.82) is 0 Å². The first-order chi connectivity index (χ1) is 8.55. The average molecular weight is 276 g/mol. The molecule has 0 saturated carbocycles. The molecule has 2 heterocycles. The van der Waals surface area contributed by atoms with Crippen molar-refractivity contribution >= 4 is 10.2 Å². The quantitative estimate of drug-likeness (QED) is 0.830. The van der Waals surface area contributed by atoms with Gasteiger partial charge in [0.25, 0.3) is 10.2 Å². The fraction of sp³-hybridized carbons (Fsp3) is 1.00. The highest BCUT2D eigenvalue weighted by molar-refractivity contribution is 7.86. The molecule has 0 radical (unpaired) electrons. The molecule has 2 saturated heterocycles. The van der Waals surface area contributed by atoms with E-state index < -0.39 is 10.2 Å². The minimum absolute atomic E-state index is 0.0660. The molecule has 106 valence electrons. The number of nitrogens with zero attached hydrogens (tertiary/aromatic N) is 2. The molecule has 1 N–H and O–H groups in total. The molecule has 2 fully saturated rings. The number of aliphatic hydroxyl groups excluding tert-OH is 1. The summed E-state index contributed by atoms with van der Waals surface area (Å²) in [6.45, 7) is 3.90. The van der Waals surface area contributed by atoms with Crippen molar-refractivity contribution in [3.05, 3.63) is 0 Å². The van der Waals surface area contributed by atoms with Gasteiger partial charge in [0, 0.05) is 25.7 Å². The minimum atomic E-state index is -3.36. The van der Waals surface area contributed by atoms with Crippen LogP contribution in [-0.4, -0.2) is 54.4 Å². The predicted molar refractivity (Wildman–Crippen MR) is 70.3 cm³/mol. The van der Waals surface area contributed by atoms with E-state index in [2.05, 4.69) is 6.92 Å². The van der Waals surface area contributed by atoms with Crippen LogP contribution in [0.25, 0.3) is 0 Å². The highest BCUT2D eigenvalue weighted by atomic mass is 32.2. The number of rotatable bonds is 3. The molecule has 0 bridgehead atoms. The smallest absolute Gasteiger partial charge is 0.282 e. The van der Waals surface area contributed by atoms with Gasteiger partial charge in [-0.15, -0.1) is 0 Å². The van der Waals surface area contributed by atoms with Gasteiger partial charge in [0.05, 0.1) is 6.61 Å². The maximum Gasteiger partial charge on any atom is 0.282 e. The van der Waals surface area contributed by atoms with Crippen molar-refractivity contribution in [3.8, 4) is 0 Å². The van der Waals surface area contributed by atoms with Crippen LogP contribution < -0.4 is 0 Å². The van der Waals surface area contributed by atoms with E-state index in [0.29, 0.717) is 25.6 Å². The topological polar surface area (TPSA) is 60.9 Å². The fourth-order valence-corrected chi connectivity index (χ4v) is 4.70. The van der Waals surface area contributed by atoms with Crippen molar-refractivity contribution in [2.24, 2.45) is 5.92 Å². The van der Waals surface area contributed by atoms with Gasteiger partial charge in [-0.25, -0.2) is 0 Å². The fourth-order valence-electron chi connectivity index (χ4n) is 2.82. The molecule has 0 aromatic rings. The van der Waals surface area contributed by atoms with Crippen LogP contribution >= 0.6 is 0 Å². The van der Waals surface area contributed by atoms with Crippen LogP contribution in [0, 0.1) is 5.92 Å². The molecule has 0 aromatic carbocycles. The number of hydrogen-bond donors (Lipinski definition) is 1.